The Morgan fingerprint density at radius 2 is 2.05 bits per heavy atom. The molecule has 0 amide bonds. The highest BCUT2D eigenvalue weighted by molar-refractivity contribution is 5.69. The standard InChI is InChI=1S/C16H23N3/c1-6-17-11(2)14-8-7-9-15(10-14)16-12(3)18-19(5)13(16)4/h7-11,17H,6H2,1-5H3. The maximum absolute atomic E-state index is 4.50. The van der Waals surface area contributed by atoms with Gasteiger partial charge in [0.05, 0.1) is 5.69 Å². The predicted octanol–water partition coefficient (Wildman–Crippen LogP) is 3.37. The van der Waals surface area contributed by atoms with E-state index in [1.807, 2.05) is 11.7 Å². The summed E-state index contributed by atoms with van der Waals surface area (Å²) in [7, 11) is 2.00. The third-order valence-corrected chi connectivity index (χ3v) is 3.69. The van der Waals surface area contributed by atoms with Crippen LogP contribution in [0.1, 0.15) is 36.8 Å². The van der Waals surface area contributed by atoms with E-state index in [9.17, 15) is 0 Å². The molecule has 1 unspecified atom stereocenters. The van der Waals surface area contributed by atoms with E-state index in [1.54, 1.807) is 0 Å². The summed E-state index contributed by atoms with van der Waals surface area (Å²) >= 11 is 0. The van der Waals surface area contributed by atoms with Crippen molar-refractivity contribution in [2.75, 3.05) is 6.54 Å². The zero-order valence-corrected chi connectivity index (χ0v) is 12.5. The molecular weight excluding hydrogens is 234 g/mol. The largest absolute Gasteiger partial charge is 0.310 e. The summed E-state index contributed by atoms with van der Waals surface area (Å²) in [6.07, 6.45) is 0. The molecule has 3 nitrogen and oxygen atoms in total. The minimum atomic E-state index is 0.377. The highest BCUT2D eigenvalue weighted by Gasteiger charge is 2.13. The van der Waals surface area contributed by atoms with Crippen LogP contribution in [-0.2, 0) is 7.05 Å². The molecule has 0 saturated heterocycles. The maximum atomic E-state index is 4.50. The van der Waals surface area contributed by atoms with Crippen molar-refractivity contribution >= 4 is 0 Å². The van der Waals surface area contributed by atoms with Gasteiger partial charge in [0.15, 0.2) is 0 Å². The number of aryl methyl sites for hydroxylation is 2. The van der Waals surface area contributed by atoms with Crippen molar-refractivity contribution in [1.82, 2.24) is 15.1 Å². The molecule has 1 heterocycles. The molecule has 0 aliphatic rings. The Balaban J connectivity index is 2.43. The van der Waals surface area contributed by atoms with E-state index in [-0.39, 0.29) is 0 Å². The van der Waals surface area contributed by atoms with E-state index in [2.05, 4.69) is 62.4 Å². The number of nitrogens with zero attached hydrogens (tertiary/aromatic N) is 2. The fraction of sp³-hybridized carbons (Fsp3) is 0.438. The monoisotopic (exact) mass is 257 g/mol. The number of benzene rings is 1. The first kappa shape index (κ1) is 13.8. The Hall–Kier alpha value is -1.61. The minimum absolute atomic E-state index is 0.377. The zero-order valence-electron chi connectivity index (χ0n) is 12.5. The number of hydrogen-bond donors (Lipinski definition) is 1. The predicted molar refractivity (Wildman–Crippen MR) is 80.2 cm³/mol. The molecule has 0 aliphatic carbocycles. The summed E-state index contributed by atoms with van der Waals surface area (Å²) in [4.78, 5) is 0. The van der Waals surface area contributed by atoms with Crippen LogP contribution in [0.2, 0.25) is 0 Å². The molecule has 2 aromatic rings. The molecule has 2 rings (SSSR count). The fourth-order valence-corrected chi connectivity index (χ4v) is 2.58. The molecule has 102 valence electrons. The van der Waals surface area contributed by atoms with Crippen molar-refractivity contribution < 1.29 is 0 Å². The summed E-state index contributed by atoms with van der Waals surface area (Å²) in [5.74, 6) is 0. The first-order valence-electron chi connectivity index (χ1n) is 6.88. The van der Waals surface area contributed by atoms with Gasteiger partial charge in [-0.3, -0.25) is 4.68 Å². The van der Waals surface area contributed by atoms with Crippen molar-refractivity contribution in [2.24, 2.45) is 7.05 Å². The molecule has 0 radical (unpaired) electrons. The molecule has 0 fully saturated rings. The first-order chi connectivity index (χ1) is 9.04. The van der Waals surface area contributed by atoms with Crippen LogP contribution in [0.5, 0.6) is 0 Å². The lowest BCUT2D eigenvalue weighted by molar-refractivity contribution is 0.598. The average molecular weight is 257 g/mol. The summed E-state index contributed by atoms with van der Waals surface area (Å²) in [5.41, 5.74) is 6.14. The van der Waals surface area contributed by atoms with Gasteiger partial charge in [0.2, 0.25) is 0 Å². The van der Waals surface area contributed by atoms with Crippen molar-refractivity contribution in [3.8, 4) is 11.1 Å². The lowest BCUT2D eigenvalue weighted by Gasteiger charge is -2.14. The molecular formula is C16H23N3. The molecule has 0 aliphatic heterocycles. The van der Waals surface area contributed by atoms with E-state index in [0.29, 0.717) is 6.04 Å². The summed E-state index contributed by atoms with van der Waals surface area (Å²) in [6.45, 7) is 9.51. The Bertz CT molecular complexity index is 569. The summed E-state index contributed by atoms with van der Waals surface area (Å²) in [6, 6.07) is 9.12. The Labute approximate surface area is 115 Å². The number of hydrogen-bond acceptors (Lipinski definition) is 2. The first-order valence-corrected chi connectivity index (χ1v) is 6.88. The molecule has 1 aromatic heterocycles. The molecule has 0 spiro atoms. The summed E-state index contributed by atoms with van der Waals surface area (Å²) < 4.78 is 1.95. The van der Waals surface area contributed by atoms with E-state index < -0.39 is 0 Å². The van der Waals surface area contributed by atoms with Crippen molar-refractivity contribution in [3.63, 3.8) is 0 Å². The van der Waals surface area contributed by atoms with Crippen LogP contribution >= 0.6 is 0 Å². The molecule has 1 N–H and O–H groups in total. The average Bonchev–Trinajstić information content (AvgIpc) is 2.64. The normalized spacial score (nSPS) is 12.7. The van der Waals surface area contributed by atoms with Gasteiger partial charge in [-0.15, -0.1) is 0 Å². The molecule has 3 heteroatoms. The van der Waals surface area contributed by atoms with Gasteiger partial charge in [-0.2, -0.15) is 5.10 Å². The Morgan fingerprint density at radius 3 is 2.63 bits per heavy atom. The second-order valence-corrected chi connectivity index (χ2v) is 5.07. The van der Waals surface area contributed by atoms with Gasteiger partial charge in [-0.05, 0) is 44.5 Å². The number of aromatic nitrogens is 2. The third kappa shape index (κ3) is 2.71. The Kier molecular flexibility index (Phi) is 4.05. The summed E-state index contributed by atoms with van der Waals surface area (Å²) in [5, 5.41) is 7.95. The highest BCUT2D eigenvalue weighted by Crippen LogP contribution is 2.28. The van der Waals surface area contributed by atoms with E-state index in [0.717, 1.165) is 12.2 Å². The van der Waals surface area contributed by atoms with E-state index >= 15 is 0 Å². The van der Waals surface area contributed by atoms with Gasteiger partial charge in [-0.25, -0.2) is 0 Å². The fourth-order valence-electron chi connectivity index (χ4n) is 2.58. The van der Waals surface area contributed by atoms with Crippen LogP contribution < -0.4 is 5.32 Å². The molecule has 1 atom stereocenters. The number of rotatable bonds is 4. The second kappa shape index (κ2) is 5.57. The third-order valence-electron chi connectivity index (χ3n) is 3.69. The lowest BCUT2D eigenvalue weighted by Crippen LogP contribution is -2.17. The van der Waals surface area contributed by atoms with Gasteiger partial charge >= 0.3 is 0 Å². The van der Waals surface area contributed by atoms with Gasteiger partial charge in [0.1, 0.15) is 0 Å². The van der Waals surface area contributed by atoms with Gasteiger partial charge in [0.25, 0.3) is 0 Å². The highest BCUT2D eigenvalue weighted by atomic mass is 15.3. The van der Waals surface area contributed by atoms with Crippen LogP contribution in [0.15, 0.2) is 24.3 Å². The van der Waals surface area contributed by atoms with Crippen LogP contribution in [0.25, 0.3) is 11.1 Å². The van der Waals surface area contributed by atoms with Gasteiger partial charge < -0.3 is 5.32 Å². The minimum Gasteiger partial charge on any atom is -0.310 e. The quantitative estimate of drug-likeness (QED) is 0.910. The van der Waals surface area contributed by atoms with Crippen LogP contribution in [-0.4, -0.2) is 16.3 Å². The zero-order chi connectivity index (χ0) is 14.0. The number of nitrogens with one attached hydrogen (secondary N) is 1. The van der Waals surface area contributed by atoms with Gasteiger partial charge in [-0.1, -0.05) is 25.1 Å². The molecule has 0 saturated carbocycles. The smallest absolute Gasteiger partial charge is 0.0674 e. The molecule has 1 aromatic carbocycles. The van der Waals surface area contributed by atoms with Crippen LogP contribution in [0.3, 0.4) is 0 Å². The van der Waals surface area contributed by atoms with Crippen molar-refractivity contribution in [1.29, 1.82) is 0 Å². The maximum Gasteiger partial charge on any atom is 0.0674 e. The van der Waals surface area contributed by atoms with E-state index in [4.69, 9.17) is 0 Å². The second-order valence-electron chi connectivity index (χ2n) is 5.07. The van der Waals surface area contributed by atoms with Crippen molar-refractivity contribution in [2.45, 2.75) is 33.7 Å². The molecule has 19 heavy (non-hydrogen) atoms. The van der Waals surface area contributed by atoms with Gasteiger partial charge in [0, 0.05) is 24.3 Å². The Morgan fingerprint density at radius 1 is 1.32 bits per heavy atom. The van der Waals surface area contributed by atoms with Crippen molar-refractivity contribution in [3.05, 3.63) is 41.2 Å². The SMILES string of the molecule is CCNC(C)c1cccc(-c2c(C)nn(C)c2C)c1. The van der Waals surface area contributed by atoms with Crippen LogP contribution in [0.4, 0.5) is 0 Å². The topological polar surface area (TPSA) is 29.9 Å². The molecule has 0 bridgehead atoms. The van der Waals surface area contributed by atoms with Crippen LogP contribution in [0, 0.1) is 13.8 Å². The lowest BCUT2D eigenvalue weighted by atomic mass is 9.99. The van der Waals surface area contributed by atoms with E-state index in [1.165, 1.54) is 22.4 Å².